The van der Waals surface area contributed by atoms with E-state index in [0.717, 1.165) is 23.9 Å². The molecule has 1 heterocycles. The molecule has 0 spiro atoms. The quantitative estimate of drug-likeness (QED) is 0.203. The summed E-state index contributed by atoms with van der Waals surface area (Å²) < 4.78 is 121. The van der Waals surface area contributed by atoms with E-state index in [1.165, 1.54) is 24.3 Å². The van der Waals surface area contributed by atoms with Crippen molar-refractivity contribution in [3.8, 4) is 11.5 Å². The van der Waals surface area contributed by atoms with Gasteiger partial charge in [-0.05, 0) is 36.8 Å². The van der Waals surface area contributed by atoms with Crippen LogP contribution < -0.4 is 13.8 Å². The van der Waals surface area contributed by atoms with Crippen molar-refractivity contribution in [1.29, 1.82) is 0 Å². The fraction of sp³-hybridized carbons (Fsp3) is 0.536. The number of carboxylic acid groups (broad SMARTS) is 1. The molecule has 2 saturated carbocycles. The molecule has 0 aromatic heterocycles. The van der Waals surface area contributed by atoms with Gasteiger partial charge in [0, 0.05) is 61.6 Å². The summed E-state index contributed by atoms with van der Waals surface area (Å²) in [5.74, 6) is -9.02. The Bertz CT molecular complexity index is 1320. The molecule has 2 aliphatic carbocycles. The number of fused-ring (bicyclic) bond motifs is 1. The molecule has 2 atom stereocenters. The maximum atomic E-state index is 15.2. The molecule has 2 unspecified atom stereocenters. The molecule has 1 aliphatic heterocycles. The number of carboxylic acids is 1. The van der Waals surface area contributed by atoms with Gasteiger partial charge in [-0.3, -0.25) is 4.79 Å². The van der Waals surface area contributed by atoms with Crippen LogP contribution in [0.5, 0.6) is 11.5 Å². The van der Waals surface area contributed by atoms with Crippen molar-refractivity contribution in [3.63, 3.8) is 0 Å². The van der Waals surface area contributed by atoms with Crippen LogP contribution >= 0.6 is 23.8 Å². The fourth-order valence-corrected chi connectivity index (χ4v) is 7.51. The van der Waals surface area contributed by atoms with Crippen molar-refractivity contribution < 1.29 is 53.9 Å². The molecule has 1 N–H and O–H groups in total. The molecule has 5 rings (SSSR count). The summed E-state index contributed by atoms with van der Waals surface area (Å²) >= 11 is 1.41. The predicted molar refractivity (Wildman–Crippen MR) is 145 cm³/mol. The number of alkyl halides is 7. The number of rotatable bonds is 10. The maximum Gasteiger partial charge on any atom is 0.313 e. The third-order valence-electron chi connectivity index (χ3n) is 7.73. The lowest BCUT2D eigenvalue weighted by atomic mass is 9.66. The van der Waals surface area contributed by atoms with E-state index in [1.807, 2.05) is 0 Å². The van der Waals surface area contributed by atoms with E-state index in [4.69, 9.17) is 8.92 Å². The zero-order valence-corrected chi connectivity index (χ0v) is 24.0. The van der Waals surface area contributed by atoms with Gasteiger partial charge in [0.1, 0.15) is 23.6 Å². The average Bonchev–Trinajstić information content (AvgIpc) is 2.88. The molecular formula is C28H27F8NO4S2. The number of benzene rings is 2. The Labute approximate surface area is 250 Å². The van der Waals surface area contributed by atoms with Gasteiger partial charge in [-0.15, -0.1) is 11.8 Å². The fourth-order valence-electron chi connectivity index (χ4n) is 5.37. The SMILES string of the molecule is O=C(O)C1(COc2cc3c(cc2SC2CC(F)(F)C2)N(c2ccc(F)cc2)CC(CCC(F)F)C(F)SO3)CC(F)(F)C1. The molecule has 0 bridgehead atoms. The molecule has 2 fully saturated rings. The predicted octanol–water partition coefficient (Wildman–Crippen LogP) is 8.73. The summed E-state index contributed by atoms with van der Waals surface area (Å²) in [4.78, 5) is 13.7. The van der Waals surface area contributed by atoms with Crippen molar-refractivity contribution in [3.05, 3.63) is 42.2 Å². The number of hydrogen-bond acceptors (Lipinski definition) is 6. The van der Waals surface area contributed by atoms with E-state index in [-0.39, 0.29) is 35.0 Å². The number of ether oxygens (including phenoxy) is 1. The number of halogens is 8. The van der Waals surface area contributed by atoms with Crippen LogP contribution in [0, 0.1) is 17.2 Å². The van der Waals surface area contributed by atoms with Gasteiger partial charge in [-0.1, -0.05) is 0 Å². The van der Waals surface area contributed by atoms with Crippen LogP contribution in [-0.4, -0.2) is 53.3 Å². The van der Waals surface area contributed by atoms with Gasteiger partial charge < -0.3 is 18.9 Å². The molecule has 15 heteroatoms. The van der Waals surface area contributed by atoms with Gasteiger partial charge in [0.2, 0.25) is 12.3 Å². The number of nitrogens with zero attached hydrogens (tertiary/aromatic N) is 1. The number of anilines is 2. The number of aliphatic carboxylic acids is 1. The zero-order chi connectivity index (χ0) is 31.2. The van der Waals surface area contributed by atoms with Crippen molar-refractivity contribution >= 4 is 41.1 Å². The highest BCUT2D eigenvalue weighted by atomic mass is 32.2. The smallest absolute Gasteiger partial charge is 0.313 e. The summed E-state index contributed by atoms with van der Waals surface area (Å²) in [6, 6.07) is 7.93. The topological polar surface area (TPSA) is 59.0 Å². The molecule has 3 aliphatic rings. The summed E-state index contributed by atoms with van der Waals surface area (Å²) in [6.45, 7) is -0.757. The van der Waals surface area contributed by atoms with Crippen LogP contribution in [0.3, 0.4) is 0 Å². The molecule has 2 aromatic rings. The van der Waals surface area contributed by atoms with Gasteiger partial charge in [-0.2, -0.15) is 0 Å². The molecule has 236 valence electrons. The molecule has 43 heavy (non-hydrogen) atoms. The molecule has 0 saturated heterocycles. The second kappa shape index (κ2) is 12.1. The van der Waals surface area contributed by atoms with Gasteiger partial charge in [0.25, 0.3) is 5.92 Å². The van der Waals surface area contributed by atoms with Crippen LogP contribution in [0.1, 0.15) is 38.5 Å². The largest absolute Gasteiger partial charge is 0.491 e. The minimum atomic E-state index is -3.17. The van der Waals surface area contributed by atoms with E-state index >= 15 is 4.39 Å². The first-order valence-corrected chi connectivity index (χ1v) is 15.1. The Balaban J connectivity index is 1.53. The average molecular weight is 658 g/mol. The monoisotopic (exact) mass is 657 g/mol. The second-order valence-electron chi connectivity index (χ2n) is 11.2. The van der Waals surface area contributed by atoms with E-state index in [1.54, 1.807) is 4.90 Å². The standard InChI is InChI=1S/C28H27F8NO4S2/c29-16-2-4-17(5-3-16)37-11-15(1-6-23(30)31)24(32)43-41-20-8-21(40-14-26(25(38)39)12-28(35,36)13-26)22(7-19(20)37)42-18-9-27(33,34)10-18/h2-5,7-8,15,18,23-24H,1,6,9-14H2,(H,38,39). The first-order chi connectivity index (χ1) is 20.2. The summed E-state index contributed by atoms with van der Waals surface area (Å²) in [6.07, 6.45) is -6.17. The highest BCUT2D eigenvalue weighted by molar-refractivity contribution is 8.00. The zero-order valence-electron chi connectivity index (χ0n) is 22.4. The molecule has 0 amide bonds. The van der Waals surface area contributed by atoms with Crippen LogP contribution in [0.15, 0.2) is 41.3 Å². The Hall–Kier alpha value is -2.55. The minimum absolute atomic E-state index is 0.00545. The molecule has 2 aromatic carbocycles. The normalized spacial score (nSPS) is 24.2. The lowest BCUT2D eigenvalue weighted by Gasteiger charge is -2.43. The maximum absolute atomic E-state index is 15.2. The second-order valence-corrected chi connectivity index (χ2v) is 13.4. The molecule has 5 nitrogen and oxygen atoms in total. The number of carbonyl (C=O) groups is 1. The van der Waals surface area contributed by atoms with Crippen LogP contribution in [-0.2, 0) is 4.79 Å². The number of hydrogen-bond donors (Lipinski definition) is 1. The first-order valence-electron chi connectivity index (χ1n) is 13.4. The van der Waals surface area contributed by atoms with E-state index in [2.05, 4.69) is 0 Å². The van der Waals surface area contributed by atoms with E-state index in [0.29, 0.717) is 17.7 Å². The van der Waals surface area contributed by atoms with Crippen molar-refractivity contribution in [2.24, 2.45) is 11.3 Å². The van der Waals surface area contributed by atoms with Gasteiger partial charge in [0.15, 0.2) is 11.3 Å². The summed E-state index contributed by atoms with van der Waals surface area (Å²) in [5, 5.41) is 9.09. The molecule has 0 radical (unpaired) electrons. The van der Waals surface area contributed by atoms with Crippen LogP contribution in [0.4, 0.5) is 46.5 Å². The third-order valence-corrected chi connectivity index (χ3v) is 9.81. The van der Waals surface area contributed by atoms with Gasteiger partial charge in [-0.25, -0.2) is 35.1 Å². The lowest BCUT2D eigenvalue weighted by molar-refractivity contribution is -0.199. The van der Waals surface area contributed by atoms with Crippen molar-refractivity contribution in [2.75, 3.05) is 18.1 Å². The lowest BCUT2D eigenvalue weighted by Crippen LogP contribution is -2.54. The minimum Gasteiger partial charge on any atom is -0.491 e. The Kier molecular flexibility index (Phi) is 8.96. The summed E-state index contributed by atoms with van der Waals surface area (Å²) in [5.41, 5.74) is -2.97. The van der Waals surface area contributed by atoms with E-state index in [9.17, 15) is 40.6 Å². The van der Waals surface area contributed by atoms with E-state index < -0.39 is 90.9 Å². The third kappa shape index (κ3) is 7.23. The first kappa shape index (κ1) is 31.9. The van der Waals surface area contributed by atoms with Crippen LogP contribution in [0.2, 0.25) is 0 Å². The number of thioether (sulfide) groups is 1. The highest BCUT2D eigenvalue weighted by Crippen LogP contribution is 2.55. The Morgan fingerprint density at radius 3 is 2.37 bits per heavy atom. The Morgan fingerprint density at radius 2 is 1.79 bits per heavy atom. The van der Waals surface area contributed by atoms with Gasteiger partial charge in [0.05, 0.1) is 22.6 Å². The van der Waals surface area contributed by atoms with Crippen molar-refractivity contribution in [1.82, 2.24) is 0 Å². The van der Waals surface area contributed by atoms with Crippen LogP contribution in [0.25, 0.3) is 0 Å². The van der Waals surface area contributed by atoms with Crippen molar-refractivity contribution in [2.45, 2.75) is 72.4 Å². The summed E-state index contributed by atoms with van der Waals surface area (Å²) in [7, 11) is 0. The molecular weight excluding hydrogens is 630 g/mol. The highest BCUT2D eigenvalue weighted by Gasteiger charge is 2.62. The van der Waals surface area contributed by atoms with Gasteiger partial charge >= 0.3 is 5.97 Å². The Morgan fingerprint density at radius 1 is 1.12 bits per heavy atom.